The Labute approximate surface area is 151 Å². The molecular formula is C19H18ClN3O2. The molecule has 0 aliphatic carbocycles. The fourth-order valence-corrected chi connectivity index (χ4v) is 2.78. The van der Waals surface area contributed by atoms with Crippen molar-refractivity contribution in [3.8, 4) is 5.75 Å². The second-order valence-electron chi connectivity index (χ2n) is 5.58. The van der Waals surface area contributed by atoms with Crippen molar-refractivity contribution < 1.29 is 9.53 Å². The largest absolute Gasteiger partial charge is 0.496 e. The lowest BCUT2D eigenvalue weighted by atomic mass is 10.1. The van der Waals surface area contributed by atoms with Crippen LogP contribution in [0.2, 0.25) is 5.02 Å². The van der Waals surface area contributed by atoms with Gasteiger partial charge in [0.1, 0.15) is 5.75 Å². The van der Waals surface area contributed by atoms with E-state index < -0.39 is 0 Å². The number of rotatable bonds is 5. The van der Waals surface area contributed by atoms with E-state index in [0.29, 0.717) is 28.7 Å². The molecule has 0 bridgehead atoms. The van der Waals surface area contributed by atoms with Crippen LogP contribution in [0.25, 0.3) is 0 Å². The second kappa shape index (κ2) is 7.40. The van der Waals surface area contributed by atoms with E-state index in [0.717, 1.165) is 11.1 Å². The summed E-state index contributed by atoms with van der Waals surface area (Å²) in [6, 6.07) is 14.7. The molecule has 0 radical (unpaired) electrons. The molecule has 0 unspecified atom stereocenters. The third kappa shape index (κ3) is 3.83. The van der Waals surface area contributed by atoms with Crippen LogP contribution >= 0.6 is 11.6 Å². The zero-order valence-corrected chi connectivity index (χ0v) is 14.7. The van der Waals surface area contributed by atoms with Crippen molar-refractivity contribution in [1.29, 1.82) is 0 Å². The molecule has 25 heavy (non-hydrogen) atoms. The molecule has 0 fully saturated rings. The molecule has 1 heterocycles. The van der Waals surface area contributed by atoms with E-state index in [9.17, 15) is 4.79 Å². The van der Waals surface area contributed by atoms with Crippen LogP contribution in [-0.2, 0) is 6.54 Å². The highest BCUT2D eigenvalue weighted by atomic mass is 35.5. The van der Waals surface area contributed by atoms with Gasteiger partial charge in [-0.15, -0.1) is 0 Å². The third-order valence-electron chi connectivity index (χ3n) is 3.92. The van der Waals surface area contributed by atoms with Gasteiger partial charge in [-0.05, 0) is 30.7 Å². The quantitative estimate of drug-likeness (QED) is 0.747. The van der Waals surface area contributed by atoms with Gasteiger partial charge in [0, 0.05) is 28.4 Å². The van der Waals surface area contributed by atoms with Crippen LogP contribution in [0.3, 0.4) is 0 Å². The monoisotopic (exact) mass is 355 g/mol. The SMILES string of the molecule is COc1cccc(C(=O)Nc2ccn(Cc3ccccc3Cl)n2)c1C. The van der Waals surface area contributed by atoms with Crippen LogP contribution in [0.1, 0.15) is 21.5 Å². The Kier molecular flexibility index (Phi) is 5.05. The predicted octanol–water partition coefficient (Wildman–Crippen LogP) is 4.15. The Bertz CT molecular complexity index is 905. The molecule has 0 aliphatic rings. The fraction of sp³-hybridized carbons (Fsp3) is 0.158. The van der Waals surface area contributed by atoms with E-state index >= 15 is 0 Å². The Morgan fingerprint density at radius 2 is 2.00 bits per heavy atom. The lowest BCUT2D eigenvalue weighted by Gasteiger charge is -2.09. The minimum atomic E-state index is -0.223. The number of aromatic nitrogens is 2. The van der Waals surface area contributed by atoms with Crippen molar-refractivity contribution in [2.45, 2.75) is 13.5 Å². The van der Waals surface area contributed by atoms with Gasteiger partial charge in [0.25, 0.3) is 5.91 Å². The summed E-state index contributed by atoms with van der Waals surface area (Å²) >= 11 is 6.17. The van der Waals surface area contributed by atoms with E-state index in [1.165, 1.54) is 0 Å². The average molecular weight is 356 g/mol. The zero-order chi connectivity index (χ0) is 17.8. The number of carbonyl (C=O) groups is 1. The summed E-state index contributed by atoms with van der Waals surface area (Å²) in [5.74, 6) is 0.940. The van der Waals surface area contributed by atoms with Gasteiger partial charge in [-0.25, -0.2) is 0 Å². The van der Waals surface area contributed by atoms with Crippen molar-refractivity contribution in [3.63, 3.8) is 0 Å². The Morgan fingerprint density at radius 1 is 1.20 bits per heavy atom. The van der Waals surface area contributed by atoms with E-state index in [1.807, 2.05) is 37.3 Å². The molecule has 2 aromatic carbocycles. The van der Waals surface area contributed by atoms with Gasteiger partial charge in [-0.2, -0.15) is 5.10 Å². The smallest absolute Gasteiger partial charge is 0.257 e. The summed E-state index contributed by atoms with van der Waals surface area (Å²) in [4.78, 5) is 12.5. The highest BCUT2D eigenvalue weighted by Crippen LogP contribution is 2.22. The highest BCUT2D eigenvalue weighted by molar-refractivity contribution is 6.31. The minimum Gasteiger partial charge on any atom is -0.496 e. The average Bonchev–Trinajstić information content (AvgIpc) is 3.04. The van der Waals surface area contributed by atoms with Crippen molar-refractivity contribution in [2.75, 3.05) is 12.4 Å². The van der Waals surface area contributed by atoms with Gasteiger partial charge in [-0.3, -0.25) is 9.48 Å². The summed E-state index contributed by atoms with van der Waals surface area (Å²) in [6.45, 7) is 2.39. The maximum absolute atomic E-state index is 12.5. The number of hydrogen-bond acceptors (Lipinski definition) is 3. The number of nitrogens with one attached hydrogen (secondary N) is 1. The molecule has 0 spiro atoms. The van der Waals surface area contributed by atoms with E-state index in [4.69, 9.17) is 16.3 Å². The van der Waals surface area contributed by atoms with Gasteiger partial charge in [0.15, 0.2) is 5.82 Å². The maximum Gasteiger partial charge on any atom is 0.257 e. The third-order valence-corrected chi connectivity index (χ3v) is 4.29. The number of ether oxygens (including phenoxy) is 1. The van der Waals surface area contributed by atoms with Crippen LogP contribution in [0.15, 0.2) is 54.7 Å². The predicted molar refractivity (Wildman–Crippen MR) is 98.5 cm³/mol. The molecule has 0 saturated carbocycles. The maximum atomic E-state index is 12.5. The summed E-state index contributed by atoms with van der Waals surface area (Å²) in [5, 5.41) is 7.88. The van der Waals surface area contributed by atoms with Crippen LogP contribution < -0.4 is 10.1 Å². The summed E-state index contributed by atoms with van der Waals surface area (Å²) in [7, 11) is 1.58. The zero-order valence-electron chi connectivity index (χ0n) is 14.0. The number of nitrogens with zero attached hydrogens (tertiary/aromatic N) is 2. The number of hydrogen-bond donors (Lipinski definition) is 1. The van der Waals surface area contributed by atoms with Crippen molar-refractivity contribution >= 4 is 23.3 Å². The molecule has 3 rings (SSSR count). The molecule has 6 heteroatoms. The summed E-state index contributed by atoms with van der Waals surface area (Å²) < 4.78 is 6.99. The van der Waals surface area contributed by atoms with Gasteiger partial charge < -0.3 is 10.1 Å². The molecule has 5 nitrogen and oxygen atoms in total. The number of anilines is 1. The Morgan fingerprint density at radius 3 is 2.76 bits per heavy atom. The van der Waals surface area contributed by atoms with Crippen LogP contribution in [0.4, 0.5) is 5.82 Å². The first-order valence-corrected chi connectivity index (χ1v) is 8.18. The number of halogens is 1. The fourth-order valence-electron chi connectivity index (χ4n) is 2.58. The van der Waals surface area contributed by atoms with Crippen LogP contribution in [0.5, 0.6) is 5.75 Å². The number of benzene rings is 2. The number of amides is 1. The normalized spacial score (nSPS) is 10.5. The Hall–Kier alpha value is -2.79. The molecule has 1 N–H and O–H groups in total. The molecular weight excluding hydrogens is 338 g/mol. The van der Waals surface area contributed by atoms with Crippen LogP contribution in [-0.4, -0.2) is 22.8 Å². The van der Waals surface area contributed by atoms with Crippen LogP contribution in [0, 0.1) is 6.92 Å². The first kappa shape index (κ1) is 17.0. The number of methoxy groups -OCH3 is 1. The molecule has 128 valence electrons. The van der Waals surface area contributed by atoms with Gasteiger partial charge in [-0.1, -0.05) is 35.9 Å². The molecule has 1 aromatic heterocycles. The first-order chi connectivity index (χ1) is 12.1. The number of carbonyl (C=O) groups excluding carboxylic acids is 1. The van der Waals surface area contributed by atoms with E-state index in [1.54, 1.807) is 36.2 Å². The van der Waals surface area contributed by atoms with E-state index in [2.05, 4.69) is 10.4 Å². The Balaban J connectivity index is 1.73. The lowest BCUT2D eigenvalue weighted by Crippen LogP contribution is -2.14. The van der Waals surface area contributed by atoms with Crippen molar-refractivity contribution in [2.24, 2.45) is 0 Å². The van der Waals surface area contributed by atoms with Gasteiger partial charge >= 0.3 is 0 Å². The molecule has 0 saturated heterocycles. The highest BCUT2D eigenvalue weighted by Gasteiger charge is 2.13. The van der Waals surface area contributed by atoms with Crippen molar-refractivity contribution in [1.82, 2.24) is 9.78 Å². The summed E-state index contributed by atoms with van der Waals surface area (Å²) in [6.07, 6.45) is 1.80. The van der Waals surface area contributed by atoms with E-state index in [-0.39, 0.29) is 5.91 Å². The first-order valence-electron chi connectivity index (χ1n) is 7.80. The topological polar surface area (TPSA) is 56.1 Å². The minimum absolute atomic E-state index is 0.223. The molecule has 0 aliphatic heterocycles. The molecule has 3 aromatic rings. The van der Waals surface area contributed by atoms with Gasteiger partial charge in [0.2, 0.25) is 0 Å². The molecule has 0 atom stereocenters. The standard InChI is InChI=1S/C19H18ClN3O2/c1-13-15(7-5-9-17(13)25-2)19(24)21-18-10-11-23(22-18)12-14-6-3-4-8-16(14)20/h3-11H,12H2,1-2H3,(H,21,22,24). The van der Waals surface area contributed by atoms with Gasteiger partial charge in [0.05, 0.1) is 13.7 Å². The molecule has 1 amide bonds. The summed E-state index contributed by atoms with van der Waals surface area (Å²) in [5.41, 5.74) is 2.31. The second-order valence-corrected chi connectivity index (χ2v) is 5.98. The lowest BCUT2D eigenvalue weighted by molar-refractivity contribution is 0.102. The van der Waals surface area contributed by atoms with Crippen molar-refractivity contribution in [3.05, 3.63) is 76.4 Å².